The fourth-order valence-corrected chi connectivity index (χ4v) is 1.55. The molecule has 0 radical (unpaired) electrons. The molecule has 0 spiro atoms. The van der Waals surface area contributed by atoms with Crippen LogP contribution in [0.1, 0.15) is 38.9 Å². The Labute approximate surface area is 103 Å². The van der Waals surface area contributed by atoms with Crippen LogP contribution in [0.5, 0.6) is 0 Å². The summed E-state index contributed by atoms with van der Waals surface area (Å²) in [6.07, 6.45) is 4.42. The van der Waals surface area contributed by atoms with Crippen LogP contribution in [-0.4, -0.2) is 18.0 Å². The van der Waals surface area contributed by atoms with Gasteiger partial charge >= 0.3 is 0 Å². The molecule has 0 atom stereocenters. The van der Waals surface area contributed by atoms with E-state index in [0.717, 1.165) is 18.6 Å². The molecule has 1 aromatic rings. The van der Waals surface area contributed by atoms with E-state index in [4.69, 9.17) is 10.2 Å². The van der Waals surface area contributed by atoms with Crippen molar-refractivity contribution in [3.8, 4) is 0 Å². The van der Waals surface area contributed by atoms with Gasteiger partial charge in [0.15, 0.2) is 0 Å². The summed E-state index contributed by atoms with van der Waals surface area (Å²) in [4.78, 5) is 11.6. The molecule has 1 rings (SSSR count). The molecule has 4 heteroatoms. The first-order valence-corrected chi connectivity index (χ1v) is 6.17. The van der Waals surface area contributed by atoms with Gasteiger partial charge in [-0.25, -0.2) is 0 Å². The van der Waals surface area contributed by atoms with Crippen molar-refractivity contribution in [3.63, 3.8) is 0 Å². The summed E-state index contributed by atoms with van der Waals surface area (Å²) in [7, 11) is 0. The summed E-state index contributed by atoms with van der Waals surface area (Å²) < 4.78 is 5.17. The molecule has 1 amide bonds. The fraction of sp³-hybridized carbons (Fsp3) is 0.615. The maximum Gasteiger partial charge on any atom is 0.220 e. The Morgan fingerprint density at radius 1 is 1.47 bits per heavy atom. The third kappa shape index (κ3) is 4.61. The van der Waals surface area contributed by atoms with Crippen LogP contribution in [0.2, 0.25) is 0 Å². The minimum absolute atomic E-state index is 0.0260. The number of nitrogens with one attached hydrogen (secondary N) is 1. The summed E-state index contributed by atoms with van der Waals surface area (Å²) in [5.41, 5.74) is 5.82. The van der Waals surface area contributed by atoms with Crippen molar-refractivity contribution in [1.82, 2.24) is 5.32 Å². The molecular formula is C13H22N2O2. The molecule has 0 fully saturated rings. The van der Waals surface area contributed by atoms with E-state index in [1.165, 1.54) is 0 Å². The second-order valence-electron chi connectivity index (χ2n) is 4.43. The Kier molecular flexibility index (Phi) is 5.22. The lowest BCUT2D eigenvalue weighted by Crippen LogP contribution is -2.49. The van der Waals surface area contributed by atoms with Gasteiger partial charge in [-0.1, -0.05) is 13.8 Å². The highest BCUT2D eigenvalue weighted by atomic mass is 16.3. The number of carbonyl (C=O) groups is 1. The summed E-state index contributed by atoms with van der Waals surface area (Å²) in [6, 6.07) is 3.70. The maximum atomic E-state index is 11.6. The first-order valence-electron chi connectivity index (χ1n) is 6.17. The predicted octanol–water partition coefficient (Wildman–Crippen LogP) is 1.85. The van der Waals surface area contributed by atoms with Crippen LogP contribution >= 0.6 is 0 Å². The molecule has 0 unspecified atom stereocenters. The number of furan rings is 1. The lowest BCUT2D eigenvalue weighted by molar-refractivity contribution is -0.121. The molecule has 0 aliphatic carbocycles. The highest BCUT2D eigenvalue weighted by molar-refractivity contribution is 5.76. The number of nitrogens with two attached hydrogens (primary N) is 1. The van der Waals surface area contributed by atoms with E-state index in [9.17, 15) is 4.79 Å². The average Bonchev–Trinajstić information content (AvgIpc) is 2.86. The molecule has 0 aromatic carbocycles. The molecule has 1 heterocycles. The van der Waals surface area contributed by atoms with E-state index in [1.807, 2.05) is 26.0 Å². The number of rotatable bonds is 7. The number of amides is 1. The normalized spacial score (nSPS) is 11.5. The topological polar surface area (TPSA) is 68.3 Å². The number of aryl methyl sites for hydroxylation is 1. The van der Waals surface area contributed by atoms with Crippen molar-refractivity contribution in [2.75, 3.05) is 6.54 Å². The van der Waals surface area contributed by atoms with Gasteiger partial charge in [0.05, 0.1) is 6.26 Å². The van der Waals surface area contributed by atoms with Gasteiger partial charge in [-0.3, -0.25) is 4.79 Å². The molecule has 0 bridgehead atoms. The molecule has 1 aromatic heterocycles. The van der Waals surface area contributed by atoms with Gasteiger partial charge < -0.3 is 15.5 Å². The maximum absolute atomic E-state index is 11.6. The van der Waals surface area contributed by atoms with E-state index < -0.39 is 0 Å². The Morgan fingerprint density at radius 3 is 2.71 bits per heavy atom. The smallest absolute Gasteiger partial charge is 0.220 e. The predicted molar refractivity (Wildman–Crippen MR) is 67.5 cm³/mol. The molecule has 0 saturated carbocycles. The molecular weight excluding hydrogens is 216 g/mol. The molecule has 96 valence electrons. The van der Waals surface area contributed by atoms with Crippen molar-refractivity contribution < 1.29 is 9.21 Å². The van der Waals surface area contributed by atoms with Crippen molar-refractivity contribution in [2.45, 2.75) is 45.1 Å². The minimum Gasteiger partial charge on any atom is -0.469 e. The van der Waals surface area contributed by atoms with Gasteiger partial charge in [0.25, 0.3) is 0 Å². The second kappa shape index (κ2) is 6.45. The Hall–Kier alpha value is -1.29. The fourth-order valence-electron chi connectivity index (χ4n) is 1.55. The van der Waals surface area contributed by atoms with Gasteiger partial charge in [0, 0.05) is 24.9 Å². The number of carbonyl (C=O) groups excluding carboxylic acids is 1. The van der Waals surface area contributed by atoms with Crippen molar-refractivity contribution >= 4 is 5.91 Å². The lowest BCUT2D eigenvalue weighted by Gasteiger charge is -2.26. The van der Waals surface area contributed by atoms with Crippen LogP contribution in [0.15, 0.2) is 22.8 Å². The van der Waals surface area contributed by atoms with Crippen LogP contribution < -0.4 is 11.1 Å². The standard InChI is InChI=1S/C13H22N2O2/c1-3-13(14,4-2)10-15-12(16)8-7-11-6-5-9-17-11/h5-6,9H,3-4,7-8,10,14H2,1-2H3,(H,15,16). The Morgan fingerprint density at radius 2 is 2.18 bits per heavy atom. The highest BCUT2D eigenvalue weighted by Crippen LogP contribution is 2.09. The number of hydrogen-bond acceptors (Lipinski definition) is 3. The van der Waals surface area contributed by atoms with Gasteiger partial charge in [-0.05, 0) is 25.0 Å². The zero-order valence-corrected chi connectivity index (χ0v) is 10.7. The first-order chi connectivity index (χ1) is 8.09. The zero-order chi connectivity index (χ0) is 12.7. The van der Waals surface area contributed by atoms with E-state index in [1.54, 1.807) is 6.26 Å². The van der Waals surface area contributed by atoms with Crippen LogP contribution in [0.4, 0.5) is 0 Å². The van der Waals surface area contributed by atoms with E-state index >= 15 is 0 Å². The largest absolute Gasteiger partial charge is 0.469 e. The number of hydrogen-bond donors (Lipinski definition) is 2. The summed E-state index contributed by atoms with van der Waals surface area (Å²) in [6.45, 7) is 4.62. The molecule has 17 heavy (non-hydrogen) atoms. The summed E-state index contributed by atoms with van der Waals surface area (Å²) >= 11 is 0. The molecule has 0 aliphatic rings. The van der Waals surface area contributed by atoms with E-state index in [0.29, 0.717) is 19.4 Å². The average molecular weight is 238 g/mol. The van der Waals surface area contributed by atoms with Crippen LogP contribution in [0.3, 0.4) is 0 Å². The highest BCUT2D eigenvalue weighted by Gasteiger charge is 2.20. The van der Waals surface area contributed by atoms with Crippen LogP contribution in [0.25, 0.3) is 0 Å². The Bertz CT molecular complexity index is 329. The molecule has 4 nitrogen and oxygen atoms in total. The van der Waals surface area contributed by atoms with Gasteiger partial charge in [0.2, 0.25) is 5.91 Å². The zero-order valence-electron chi connectivity index (χ0n) is 10.7. The third-order valence-corrected chi connectivity index (χ3v) is 3.22. The monoisotopic (exact) mass is 238 g/mol. The second-order valence-corrected chi connectivity index (χ2v) is 4.43. The summed E-state index contributed by atoms with van der Waals surface area (Å²) in [5.74, 6) is 0.864. The van der Waals surface area contributed by atoms with Crippen LogP contribution in [0, 0.1) is 0 Å². The first kappa shape index (κ1) is 13.8. The van der Waals surface area contributed by atoms with Gasteiger partial charge in [0.1, 0.15) is 5.76 Å². The van der Waals surface area contributed by atoms with Crippen LogP contribution in [-0.2, 0) is 11.2 Å². The SMILES string of the molecule is CCC(N)(CC)CNC(=O)CCc1ccco1. The minimum atomic E-state index is -0.277. The van der Waals surface area contributed by atoms with Gasteiger partial charge in [-0.15, -0.1) is 0 Å². The molecule has 3 N–H and O–H groups in total. The molecule has 0 saturated heterocycles. The quantitative estimate of drug-likeness (QED) is 0.761. The lowest BCUT2D eigenvalue weighted by atomic mass is 9.94. The van der Waals surface area contributed by atoms with Crippen molar-refractivity contribution in [3.05, 3.63) is 24.2 Å². The molecule has 0 aliphatic heterocycles. The van der Waals surface area contributed by atoms with E-state index in [2.05, 4.69) is 5.32 Å². The summed E-state index contributed by atoms with van der Waals surface area (Å²) in [5, 5.41) is 2.88. The van der Waals surface area contributed by atoms with Crippen molar-refractivity contribution in [1.29, 1.82) is 0 Å². The Balaban J connectivity index is 2.26. The van der Waals surface area contributed by atoms with E-state index in [-0.39, 0.29) is 11.4 Å². The van der Waals surface area contributed by atoms with Crippen molar-refractivity contribution in [2.24, 2.45) is 5.73 Å². The third-order valence-electron chi connectivity index (χ3n) is 3.22. The van der Waals surface area contributed by atoms with Gasteiger partial charge in [-0.2, -0.15) is 0 Å².